The molecule has 5 saturated carbocycles. The molecule has 19 heavy (non-hydrogen) atoms. The summed E-state index contributed by atoms with van der Waals surface area (Å²) in [4.78, 5) is 0. The van der Waals surface area contributed by atoms with Crippen LogP contribution in [0.4, 0.5) is 0 Å². The first-order chi connectivity index (χ1) is 9.18. The molecule has 0 spiro atoms. The quantitative estimate of drug-likeness (QED) is 0.785. The summed E-state index contributed by atoms with van der Waals surface area (Å²) >= 11 is 0. The standard InChI is InChI=1S/C18H31N/c1-12(19)17-14-7-13-8-15(17)11-18(9-13,10-14)16-5-3-2-4-6-16/h12-17H,2-11,19H2,1H3. The van der Waals surface area contributed by atoms with Gasteiger partial charge in [0.2, 0.25) is 0 Å². The molecular weight excluding hydrogens is 230 g/mol. The molecule has 3 atom stereocenters. The molecule has 0 heterocycles. The molecule has 0 aromatic carbocycles. The molecule has 3 unspecified atom stereocenters. The Kier molecular flexibility index (Phi) is 2.99. The van der Waals surface area contributed by atoms with Crippen molar-refractivity contribution in [2.75, 3.05) is 0 Å². The minimum absolute atomic E-state index is 0.443. The summed E-state index contributed by atoms with van der Waals surface area (Å²) in [7, 11) is 0. The highest BCUT2D eigenvalue weighted by Crippen LogP contribution is 2.66. The monoisotopic (exact) mass is 261 g/mol. The molecule has 0 radical (unpaired) electrons. The fourth-order valence-corrected chi connectivity index (χ4v) is 7.20. The van der Waals surface area contributed by atoms with Gasteiger partial charge < -0.3 is 5.73 Å². The van der Waals surface area contributed by atoms with Gasteiger partial charge in [-0.25, -0.2) is 0 Å². The van der Waals surface area contributed by atoms with Crippen molar-refractivity contribution in [2.24, 2.45) is 40.7 Å². The van der Waals surface area contributed by atoms with Crippen molar-refractivity contribution in [2.45, 2.75) is 77.2 Å². The number of rotatable bonds is 2. The van der Waals surface area contributed by atoms with E-state index in [1.54, 1.807) is 32.1 Å². The highest BCUT2D eigenvalue weighted by Gasteiger charge is 2.57. The molecule has 1 nitrogen and oxygen atoms in total. The SMILES string of the molecule is CC(N)C1C2CC3CC1CC(C1CCCCC1)(C3)C2. The zero-order valence-electron chi connectivity index (χ0n) is 12.6. The van der Waals surface area contributed by atoms with Crippen molar-refractivity contribution < 1.29 is 0 Å². The zero-order chi connectivity index (χ0) is 13.0. The summed E-state index contributed by atoms with van der Waals surface area (Å²) < 4.78 is 0. The van der Waals surface area contributed by atoms with Crippen LogP contribution in [0.3, 0.4) is 0 Å². The molecule has 5 fully saturated rings. The molecule has 4 bridgehead atoms. The van der Waals surface area contributed by atoms with Gasteiger partial charge in [-0.15, -0.1) is 0 Å². The van der Waals surface area contributed by atoms with Gasteiger partial charge in [0.25, 0.3) is 0 Å². The lowest BCUT2D eigenvalue weighted by molar-refractivity contribution is -0.132. The molecule has 0 aromatic heterocycles. The second-order valence-electron chi connectivity index (χ2n) is 8.60. The normalized spacial score (nSPS) is 51.5. The van der Waals surface area contributed by atoms with Crippen LogP contribution in [0.1, 0.15) is 71.1 Å². The lowest BCUT2D eigenvalue weighted by atomic mass is 9.42. The third-order valence-electron chi connectivity index (χ3n) is 7.47. The largest absolute Gasteiger partial charge is 0.328 e. The Balaban J connectivity index is 1.59. The number of nitrogens with two attached hydrogens (primary N) is 1. The summed E-state index contributed by atoms with van der Waals surface area (Å²) in [5.41, 5.74) is 7.12. The Morgan fingerprint density at radius 1 is 0.947 bits per heavy atom. The van der Waals surface area contributed by atoms with Gasteiger partial charge in [0, 0.05) is 6.04 Å². The molecular formula is C18H31N. The van der Waals surface area contributed by atoms with Crippen LogP contribution in [0.2, 0.25) is 0 Å². The van der Waals surface area contributed by atoms with Crippen molar-refractivity contribution in [3.63, 3.8) is 0 Å². The van der Waals surface area contributed by atoms with E-state index < -0.39 is 0 Å². The van der Waals surface area contributed by atoms with Crippen LogP contribution in [0, 0.1) is 35.0 Å². The minimum Gasteiger partial charge on any atom is -0.328 e. The lowest BCUT2D eigenvalue weighted by Gasteiger charge is -2.64. The molecule has 0 saturated heterocycles. The van der Waals surface area contributed by atoms with Gasteiger partial charge in [0.05, 0.1) is 0 Å². The number of hydrogen-bond acceptors (Lipinski definition) is 1. The van der Waals surface area contributed by atoms with Gasteiger partial charge in [-0.05, 0) is 86.9 Å². The summed E-state index contributed by atoms with van der Waals surface area (Å²) in [6, 6.07) is 0.443. The smallest absolute Gasteiger partial charge is 0.00440 e. The van der Waals surface area contributed by atoms with Crippen molar-refractivity contribution in [1.29, 1.82) is 0 Å². The Bertz CT molecular complexity index is 326. The van der Waals surface area contributed by atoms with Gasteiger partial charge in [-0.3, -0.25) is 0 Å². The summed E-state index contributed by atoms with van der Waals surface area (Å²) in [5, 5.41) is 0. The van der Waals surface area contributed by atoms with Gasteiger partial charge in [0.1, 0.15) is 0 Å². The highest BCUT2D eigenvalue weighted by atomic mass is 14.7. The van der Waals surface area contributed by atoms with Crippen molar-refractivity contribution in [3.8, 4) is 0 Å². The van der Waals surface area contributed by atoms with Crippen LogP contribution in [-0.2, 0) is 0 Å². The van der Waals surface area contributed by atoms with Crippen LogP contribution in [0.15, 0.2) is 0 Å². The molecule has 0 aromatic rings. The second-order valence-corrected chi connectivity index (χ2v) is 8.60. The fraction of sp³-hybridized carbons (Fsp3) is 1.00. The van der Waals surface area contributed by atoms with E-state index in [2.05, 4.69) is 6.92 Å². The molecule has 5 aliphatic carbocycles. The fourth-order valence-electron chi connectivity index (χ4n) is 7.20. The van der Waals surface area contributed by atoms with E-state index >= 15 is 0 Å². The molecule has 108 valence electrons. The third-order valence-corrected chi connectivity index (χ3v) is 7.47. The maximum Gasteiger partial charge on any atom is 0.00440 e. The van der Waals surface area contributed by atoms with Crippen molar-refractivity contribution in [3.05, 3.63) is 0 Å². The van der Waals surface area contributed by atoms with E-state index in [4.69, 9.17) is 5.73 Å². The van der Waals surface area contributed by atoms with Crippen LogP contribution in [-0.4, -0.2) is 6.04 Å². The Morgan fingerprint density at radius 3 is 2.16 bits per heavy atom. The van der Waals surface area contributed by atoms with Crippen LogP contribution in [0.25, 0.3) is 0 Å². The Hall–Kier alpha value is -0.0400. The van der Waals surface area contributed by atoms with Crippen molar-refractivity contribution in [1.82, 2.24) is 0 Å². The average molecular weight is 261 g/mol. The third kappa shape index (κ3) is 1.91. The predicted molar refractivity (Wildman–Crippen MR) is 79.7 cm³/mol. The lowest BCUT2D eigenvalue weighted by Crippen LogP contribution is -2.57. The molecule has 2 N–H and O–H groups in total. The van der Waals surface area contributed by atoms with Crippen LogP contribution < -0.4 is 5.73 Å². The van der Waals surface area contributed by atoms with E-state index in [0.29, 0.717) is 6.04 Å². The van der Waals surface area contributed by atoms with E-state index in [0.717, 1.165) is 35.0 Å². The van der Waals surface area contributed by atoms with Crippen LogP contribution >= 0.6 is 0 Å². The molecule has 0 aliphatic heterocycles. The maximum absolute atomic E-state index is 6.34. The zero-order valence-corrected chi connectivity index (χ0v) is 12.6. The highest BCUT2D eigenvalue weighted by molar-refractivity contribution is 5.08. The van der Waals surface area contributed by atoms with Gasteiger partial charge in [-0.1, -0.05) is 19.3 Å². The number of hydrogen-bond donors (Lipinski definition) is 1. The predicted octanol–water partition coefficient (Wildman–Crippen LogP) is 4.36. The molecule has 1 heteroatoms. The first kappa shape index (κ1) is 12.7. The topological polar surface area (TPSA) is 26.0 Å². The molecule has 0 amide bonds. The first-order valence-electron chi connectivity index (χ1n) is 8.93. The molecule has 5 aliphatic rings. The first-order valence-corrected chi connectivity index (χ1v) is 8.93. The average Bonchev–Trinajstić information content (AvgIpc) is 2.38. The minimum atomic E-state index is 0.443. The van der Waals surface area contributed by atoms with Gasteiger partial charge in [0.15, 0.2) is 0 Å². The van der Waals surface area contributed by atoms with Gasteiger partial charge >= 0.3 is 0 Å². The summed E-state index contributed by atoms with van der Waals surface area (Å²) in [6.07, 6.45) is 15.4. The second kappa shape index (κ2) is 4.48. The summed E-state index contributed by atoms with van der Waals surface area (Å²) in [6.45, 7) is 2.28. The van der Waals surface area contributed by atoms with Crippen molar-refractivity contribution >= 4 is 0 Å². The van der Waals surface area contributed by atoms with E-state index in [-0.39, 0.29) is 0 Å². The van der Waals surface area contributed by atoms with Gasteiger partial charge in [-0.2, -0.15) is 0 Å². The van der Waals surface area contributed by atoms with E-state index in [1.807, 2.05) is 0 Å². The van der Waals surface area contributed by atoms with E-state index in [1.165, 1.54) is 32.1 Å². The van der Waals surface area contributed by atoms with E-state index in [9.17, 15) is 0 Å². The maximum atomic E-state index is 6.34. The summed E-state index contributed by atoms with van der Waals surface area (Å²) in [5.74, 6) is 5.02. The Labute approximate surface area is 118 Å². The Morgan fingerprint density at radius 2 is 1.58 bits per heavy atom. The molecule has 5 rings (SSSR count). The van der Waals surface area contributed by atoms with Crippen LogP contribution in [0.5, 0.6) is 0 Å².